The molecular formula is C19H27N3O2. The summed E-state index contributed by atoms with van der Waals surface area (Å²) < 4.78 is 0. The van der Waals surface area contributed by atoms with Gasteiger partial charge in [-0.1, -0.05) is 0 Å². The van der Waals surface area contributed by atoms with Gasteiger partial charge in [-0.05, 0) is 50.5 Å². The van der Waals surface area contributed by atoms with Gasteiger partial charge in [-0.15, -0.1) is 0 Å². The van der Waals surface area contributed by atoms with E-state index in [2.05, 4.69) is 21.9 Å². The van der Waals surface area contributed by atoms with E-state index < -0.39 is 0 Å². The molecular weight excluding hydrogens is 302 g/mol. The van der Waals surface area contributed by atoms with Crippen LogP contribution in [0.3, 0.4) is 0 Å². The highest BCUT2D eigenvalue weighted by Crippen LogP contribution is 2.19. The molecule has 2 aliphatic rings. The van der Waals surface area contributed by atoms with Crippen LogP contribution in [-0.2, 0) is 4.79 Å². The molecule has 5 nitrogen and oxygen atoms in total. The third-order valence-electron chi connectivity index (χ3n) is 4.94. The SMILES string of the molecule is CC(=O)CN1CCN(c2ccc(C(=O)N3CCCCC3)cc2)CC1. The van der Waals surface area contributed by atoms with Gasteiger partial charge >= 0.3 is 0 Å². The Balaban J connectivity index is 1.57. The molecule has 0 atom stereocenters. The van der Waals surface area contributed by atoms with Gasteiger partial charge in [0.15, 0.2) is 0 Å². The van der Waals surface area contributed by atoms with Crippen LogP contribution >= 0.6 is 0 Å². The summed E-state index contributed by atoms with van der Waals surface area (Å²) in [5, 5.41) is 0. The van der Waals surface area contributed by atoms with Gasteiger partial charge in [0.25, 0.3) is 5.91 Å². The number of carbonyl (C=O) groups excluding carboxylic acids is 2. The second kappa shape index (κ2) is 7.79. The molecule has 1 aromatic carbocycles. The Labute approximate surface area is 144 Å². The summed E-state index contributed by atoms with van der Waals surface area (Å²) in [5.74, 6) is 0.386. The summed E-state index contributed by atoms with van der Waals surface area (Å²) in [7, 11) is 0. The third-order valence-corrected chi connectivity index (χ3v) is 4.94. The number of benzene rings is 1. The van der Waals surface area contributed by atoms with E-state index in [1.165, 1.54) is 6.42 Å². The first-order valence-electron chi connectivity index (χ1n) is 8.99. The molecule has 0 aliphatic carbocycles. The van der Waals surface area contributed by atoms with Crippen LogP contribution in [0.5, 0.6) is 0 Å². The molecule has 2 saturated heterocycles. The number of likely N-dealkylation sites (tertiary alicyclic amines) is 1. The number of piperazine rings is 1. The van der Waals surface area contributed by atoms with Gasteiger partial charge in [0.05, 0.1) is 6.54 Å². The van der Waals surface area contributed by atoms with Gasteiger partial charge in [0, 0.05) is 50.5 Å². The molecule has 0 saturated carbocycles. The summed E-state index contributed by atoms with van der Waals surface area (Å²) in [6.45, 7) is 7.64. The molecule has 2 heterocycles. The largest absolute Gasteiger partial charge is 0.369 e. The summed E-state index contributed by atoms with van der Waals surface area (Å²) in [6, 6.07) is 8.01. The predicted octanol–water partition coefficient (Wildman–Crippen LogP) is 2.02. The molecule has 2 aliphatic heterocycles. The van der Waals surface area contributed by atoms with Crippen molar-refractivity contribution in [1.29, 1.82) is 0 Å². The zero-order valence-corrected chi connectivity index (χ0v) is 14.5. The summed E-state index contributed by atoms with van der Waals surface area (Å²) in [6.07, 6.45) is 3.47. The Bertz CT molecular complexity index is 571. The lowest BCUT2D eigenvalue weighted by atomic mass is 10.1. The van der Waals surface area contributed by atoms with Gasteiger partial charge in [-0.3, -0.25) is 14.5 Å². The van der Waals surface area contributed by atoms with Gasteiger partial charge in [-0.25, -0.2) is 0 Å². The van der Waals surface area contributed by atoms with Crippen LogP contribution in [0.1, 0.15) is 36.5 Å². The van der Waals surface area contributed by atoms with Crippen molar-refractivity contribution in [2.75, 3.05) is 50.7 Å². The second-order valence-corrected chi connectivity index (χ2v) is 6.86. The minimum absolute atomic E-state index is 0.160. The number of nitrogens with zero attached hydrogens (tertiary/aromatic N) is 3. The molecule has 24 heavy (non-hydrogen) atoms. The van der Waals surface area contributed by atoms with Crippen molar-refractivity contribution < 1.29 is 9.59 Å². The summed E-state index contributed by atoms with van der Waals surface area (Å²) in [5.41, 5.74) is 1.95. The van der Waals surface area contributed by atoms with E-state index in [-0.39, 0.29) is 11.7 Å². The lowest BCUT2D eigenvalue weighted by molar-refractivity contribution is -0.118. The highest BCUT2D eigenvalue weighted by atomic mass is 16.2. The number of carbonyl (C=O) groups is 2. The van der Waals surface area contributed by atoms with E-state index in [1.807, 2.05) is 17.0 Å². The van der Waals surface area contributed by atoms with Crippen LogP contribution < -0.4 is 4.90 Å². The van der Waals surface area contributed by atoms with Gasteiger partial charge in [-0.2, -0.15) is 0 Å². The molecule has 0 N–H and O–H groups in total. The Morgan fingerprint density at radius 1 is 0.875 bits per heavy atom. The monoisotopic (exact) mass is 329 g/mol. The van der Waals surface area contributed by atoms with E-state index in [9.17, 15) is 9.59 Å². The van der Waals surface area contributed by atoms with Crippen LogP contribution in [0.2, 0.25) is 0 Å². The van der Waals surface area contributed by atoms with Crippen molar-refractivity contribution >= 4 is 17.4 Å². The Hall–Kier alpha value is -1.88. The van der Waals surface area contributed by atoms with E-state index >= 15 is 0 Å². The maximum atomic E-state index is 12.5. The number of ketones is 1. The van der Waals surface area contributed by atoms with Crippen LogP contribution in [0.15, 0.2) is 24.3 Å². The number of hydrogen-bond acceptors (Lipinski definition) is 4. The quantitative estimate of drug-likeness (QED) is 0.848. The van der Waals surface area contributed by atoms with Gasteiger partial charge in [0.2, 0.25) is 0 Å². The Kier molecular flexibility index (Phi) is 5.51. The number of amides is 1. The predicted molar refractivity (Wildman–Crippen MR) is 95.5 cm³/mol. The van der Waals surface area contributed by atoms with Crippen molar-refractivity contribution in [3.63, 3.8) is 0 Å². The normalized spacial score (nSPS) is 19.4. The minimum atomic E-state index is 0.160. The first-order valence-corrected chi connectivity index (χ1v) is 8.99. The number of anilines is 1. The molecule has 2 fully saturated rings. The molecule has 5 heteroatoms. The van der Waals surface area contributed by atoms with E-state index in [0.29, 0.717) is 6.54 Å². The second-order valence-electron chi connectivity index (χ2n) is 6.86. The highest BCUT2D eigenvalue weighted by molar-refractivity contribution is 5.94. The smallest absolute Gasteiger partial charge is 0.253 e. The fourth-order valence-corrected chi connectivity index (χ4v) is 3.57. The van der Waals surface area contributed by atoms with E-state index in [0.717, 1.165) is 63.4 Å². The van der Waals surface area contributed by atoms with E-state index in [1.54, 1.807) is 6.92 Å². The lowest BCUT2D eigenvalue weighted by Crippen LogP contribution is -2.47. The number of Topliss-reactive ketones (excluding diaryl/α,β-unsaturated/α-hetero) is 1. The highest BCUT2D eigenvalue weighted by Gasteiger charge is 2.20. The number of rotatable bonds is 4. The van der Waals surface area contributed by atoms with Gasteiger partial charge < -0.3 is 9.80 Å². The molecule has 1 amide bonds. The van der Waals surface area contributed by atoms with Crippen LogP contribution in [-0.4, -0.2) is 67.3 Å². The molecule has 0 bridgehead atoms. The average Bonchev–Trinajstić information content (AvgIpc) is 2.62. The molecule has 0 radical (unpaired) electrons. The van der Waals surface area contributed by atoms with Crippen molar-refractivity contribution in [2.45, 2.75) is 26.2 Å². The molecule has 130 valence electrons. The average molecular weight is 329 g/mol. The molecule has 1 aromatic rings. The Morgan fingerprint density at radius 3 is 2.08 bits per heavy atom. The van der Waals surface area contributed by atoms with Crippen LogP contribution in [0.4, 0.5) is 5.69 Å². The standard InChI is InChI=1S/C19H27N3O2/c1-16(23)15-20-11-13-21(14-12-20)18-7-5-17(6-8-18)19(24)22-9-3-2-4-10-22/h5-8H,2-4,9-15H2,1H3. The summed E-state index contributed by atoms with van der Waals surface area (Å²) in [4.78, 5) is 30.2. The first-order chi connectivity index (χ1) is 11.6. The van der Waals surface area contributed by atoms with E-state index in [4.69, 9.17) is 0 Å². The van der Waals surface area contributed by atoms with Crippen molar-refractivity contribution in [3.8, 4) is 0 Å². The maximum Gasteiger partial charge on any atom is 0.253 e. The number of hydrogen-bond donors (Lipinski definition) is 0. The Morgan fingerprint density at radius 2 is 1.50 bits per heavy atom. The third kappa shape index (κ3) is 4.15. The molecule has 0 aromatic heterocycles. The fraction of sp³-hybridized carbons (Fsp3) is 0.579. The first kappa shape index (κ1) is 17.0. The van der Waals surface area contributed by atoms with Crippen molar-refractivity contribution in [2.24, 2.45) is 0 Å². The van der Waals surface area contributed by atoms with Crippen molar-refractivity contribution in [3.05, 3.63) is 29.8 Å². The minimum Gasteiger partial charge on any atom is -0.369 e. The van der Waals surface area contributed by atoms with Gasteiger partial charge in [0.1, 0.15) is 5.78 Å². The summed E-state index contributed by atoms with van der Waals surface area (Å²) >= 11 is 0. The number of piperidine rings is 1. The van der Waals surface area contributed by atoms with Crippen molar-refractivity contribution in [1.82, 2.24) is 9.80 Å². The molecule has 0 spiro atoms. The fourth-order valence-electron chi connectivity index (χ4n) is 3.57. The molecule has 3 rings (SSSR count). The zero-order chi connectivity index (χ0) is 16.9. The van der Waals surface area contributed by atoms with Crippen LogP contribution in [0.25, 0.3) is 0 Å². The lowest BCUT2D eigenvalue weighted by Gasteiger charge is -2.35. The maximum absolute atomic E-state index is 12.5. The molecule has 0 unspecified atom stereocenters. The zero-order valence-electron chi connectivity index (χ0n) is 14.5. The van der Waals surface area contributed by atoms with Crippen LogP contribution in [0, 0.1) is 0 Å². The topological polar surface area (TPSA) is 43.9 Å².